The first-order chi connectivity index (χ1) is 18.6. The Bertz CT molecular complexity index is 1490. The van der Waals surface area contributed by atoms with Crippen molar-refractivity contribution in [3.05, 3.63) is 83.9 Å². The summed E-state index contributed by atoms with van der Waals surface area (Å²) in [5.74, 6) is -0.410. The number of benzene rings is 3. The lowest BCUT2D eigenvalue weighted by Gasteiger charge is -2.35. The lowest BCUT2D eigenvalue weighted by atomic mass is 9.97. The highest BCUT2D eigenvalue weighted by Gasteiger charge is 2.36. The molecule has 0 saturated carbocycles. The molecule has 9 nitrogen and oxygen atoms in total. The van der Waals surface area contributed by atoms with Gasteiger partial charge in [0.25, 0.3) is 0 Å². The maximum atomic E-state index is 14.2. The maximum Gasteiger partial charge on any atom is 0.249 e. The number of aromatic nitrogens is 3. The highest BCUT2D eigenvalue weighted by molar-refractivity contribution is 6.08. The van der Waals surface area contributed by atoms with Crippen LogP contribution in [-0.4, -0.2) is 45.2 Å². The molecular formula is C30H33N5O4. The van der Waals surface area contributed by atoms with Gasteiger partial charge in [-0.05, 0) is 69.2 Å². The predicted octanol–water partition coefficient (Wildman–Crippen LogP) is 4.72. The van der Waals surface area contributed by atoms with Gasteiger partial charge in [-0.3, -0.25) is 19.3 Å². The van der Waals surface area contributed by atoms with E-state index in [4.69, 9.17) is 4.74 Å². The van der Waals surface area contributed by atoms with Crippen LogP contribution in [0.5, 0.6) is 5.75 Å². The highest BCUT2D eigenvalue weighted by atomic mass is 16.5. The molecule has 0 aliphatic carbocycles. The third-order valence-corrected chi connectivity index (χ3v) is 6.80. The Morgan fingerprint density at radius 3 is 2.33 bits per heavy atom. The van der Waals surface area contributed by atoms with Crippen molar-refractivity contribution >= 4 is 34.3 Å². The van der Waals surface area contributed by atoms with Crippen molar-refractivity contribution in [1.82, 2.24) is 20.3 Å². The van der Waals surface area contributed by atoms with Gasteiger partial charge in [0.1, 0.15) is 23.9 Å². The van der Waals surface area contributed by atoms with Crippen LogP contribution in [0.25, 0.3) is 11.0 Å². The number of amides is 2. The van der Waals surface area contributed by atoms with E-state index in [9.17, 15) is 14.4 Å². The van der Waals surface area contributed by atoms with E-state index < -0.39 is 17.5 Å². The summed E-state index contributed by atoms with van der Waals surface area (Å²) in [7, 11) is 1.56. The molecule has 4 rings (SSSR count). The third-order valence-electron chi connectivity index (χ3n) is 6.80. The van der Waals surface area contributed by atoms with E-state index in [0.717, 1.165) is 0 Å². The molecule has 0 aliphatic rings. The number of carbonyl (C=O) groups is 3. The molecule has 39 heavy (non-hydrogen) atoms. The number of hydrogen-bond acceptors (Lipinski definition) is 6. The largest absolute Gasteiger partial charge is 0.497 e. The fraction of sp³-hybridized carbons (Fsp3) is 0.300. The lowest BCUT2D eigenvalue weighted by molar-refractivity contribution is -0.128. The number of anilines is 1. The van der Waals surface area contributed by atoms with Gasteiger partial charge < -0.3 is 10.1 Å². The molecule has 2 amide bonds. The third kappa shape index (κ3) is 5.98. The maximum absolute atomic E-state index is 14.2. The number of Topliss-reactive ketones (excluding diaryl/α,β-unsaturated/α-hetero) is 1. The second-order valence-corrected chi connectivity index (χ2v) is 9.98. The van der Waals surface area contributed by atoms with Crippen LogP contribution in [0.1, 0.15) is 56.1 Å². The summed E-state index contributed by atoms with van der Waals surface area (Å²) in [5.41, 5.74) is 2.03. The zero-order chi connectivity index (χ0) is 28.2. The van der Waals surface area contributed by atoms with Crippen molar-refractivity contribution in [2.24, 2.45) is 0 Å². The first-order valence-corrected chi connectivity index (χ1v) is 12.8. The predicted molar refractivity (Wildman–Crippen MR) is 150 cm³/mol. The number of nitrogens with zero attached hydrogens (tertiary/aromatic N) is 4. The van der Waals surface area contributed by atoms with Gasteiger partial charge in [-0.15, -0.1) is 5.10 Å². The molecule has 202 valence electrons. The minimum Gasteiger partial charge on any atom is -0.497 e. The van der Waals surface area contributed by atoms with E-state index >= 15 is 0 Å². The Kier molecular flexibility index (Phi) is 8.09. The smallest absolute Gasteiger partial charge is 0.249 e. The van der Waals surface area contributed by atoms with Gasteiger partial charge in [-0.25, -0.2) is 4.68 Å². The SMILES string of the molecule is CCC(C)(C)NC(=O)C(c1ccc(OC)cc1)N(C(=O)Cn1nnc2ccccc21)c1ccccc1C(C)=O. The van der Waals surface area contributed by atoms with Crippen molar-refractivity contribution in [2.45, 2.75) is 52.2 Å². The number of ketones is 1. The first-order valence-electron chi connectivity index (χ1n) is 12.8. The van der Waals surface area contributed by atoms with Crippen molar-refractivity contribution in [3.63, 3.8) is 0 Å². The summed E-state index contributed by atoms with van der Waals surface area (Å²) in [4.78, 5) is 42.3. The Hall–Kier alpha value is -4.53. The fourth-order valence-electron chi connectivity index (χ4n) is 4.33. The minimum absolute atomic E-state index is 0.191. The lowest BCUT2D eigenvalue weighted by Crippen LogP contribution is -2.51. The van der Waals surface area contributed by atoms with Crippen LogP contribution >= 0.6 is 0 Å². The van der Waals surface area contributed by atoms with E-state index in [0.29, 0.717) is 40.0 Å². The molecule has 0 saturated heterocycles. The summed E-state index contributed by atoms with van der Waals surface area (Å²) < 4.78 is 6.82. The van der Waals surface area contributed by atoms with Gasteiger partial charge in [-0.1, -0.05) is 48.5 Å². The average Bonchev–Trinajstić information content (AvgIpc) is 3.34. The zero-order valence-corrected chi connectivity index (χ0v) is 22.8. The molecule has 1 atom stereocenters. The second-order valence-electron chi connectivity index (χ2n) is 9.98. The Balaban J connectivity index is 1.89. The number of hydrogen-bond donors (Lipinski definition) is 1. The number of methoxy groups -OCH3 is 1. The van der Waals surface area contributed by atoms with E-state index in [1.807, 2.05) is 45.0 Å². The van der Waals surface area contributed by atoms with Gasteiger partial charge in [-0.2, -0.15) is 0 Å². The van der Waals surface area contributed by atoms with Crippen LogP contribution < -0.4 is 15.0 Å². The normalized spacial score (nSPS) is 12.1. The van der Waals surface area contributed by atoms with Crippen molar-refractivity contribution < 1.29 is 19.1 Å². The minimum atomic E-state index is -1.08. The average molecular weight is 528 g/mol. The number of fused-ring (bicyclic) bond motifs is 1. The summed E-state index contributed by atoms with van der Waals surface area (Å²) in [6.07, 6.45) is 0.678. The number of ether oxygens (including phenoxy) is 1. The van der Waals surface area contributed by atoms with Crippen molar-refractivity contribution in [1.29, 1.82) is 0 Å². The molecule has 1 N–H and O–H groups in total. The van der Waals surface area contributed by atoms with Crippen LogP contribution in [0.15, 0.2) is 72.8 Å². The van der Waals surface area contributed by atoms with Gasteiger partial charge in [0.2, 0.25) is 11.8 Å². The molecule has 1 aromatic heterocycles. The Morgan fingerprint density at radius 2 is 1.67 bits per heavy atom. The van der Waals surface area contributed by atoms with E-state index in [1.165, 1.54) is 16.5 Å². The van der Waals surface area contributed by atoms with Crippen LogP contribution in [0.2, 0.25) is 0 Å². The van der Waals surface area contributed by atoms with E-state index in [-0.39, 0.29) is 18.2 Å². The van der Waals surface area contributed by atoms with Crippen LogP contribution in [0, 0.1) is 0 Å². The van der Waals surface area contributed by atoms with Crippen LogP contribution in [-0.2, 0) is 16.1 Å². The number of carbonyl (C=O) groups excluding carboxylic acids is 3. The molecule has 0 spiro atoms. The van der Waals surface area contributed by atoms with Crippen LogP contribution in [0.4, 0.5) is 5.69 Å². The van der Waals surface area contributed by atoms with Crippen molar-refractivity contribution in [3.8, 4) is 5.75 Å². The molecular weight excluding hydrogens is 494 g/mol. The molecule has 0 bridgehead atoms. The summed E-state index contributed by atoms with van der Waals surface area (Å²) in [6.45, 7) is 7.08. The van der Waals surface area contributed by atoms with Gasteiger partial charge in [0, 0.05) is 11.1 Å². The number of para-hydroxylation sites is 2. The topological polar surface area (TPSA) is 106 Å². The van der Waals surface area contributed by atoms with Gasteiger partial charge >= 0.3 is 0 Å². The zero-order valence-electron chi connectivity index (χ0n) is 22.8. The number of nitrogens with one attached hydrogen (secondary N) is 1. The molecule has 1 unspecified atom stereocenters. The number of rotatable bonds is 10. The van der Waals surface area contributed by atoms with Gasteiger partial charge in [0.05, 0.1) is 18.3 Å². The molecule has 4 aromatic rings. The second kappa shape index (κ2) is 11.5. The first kappa shape index (κ1) is 27.5. The van der Waals surface area contributed by atoms with Gasteiger partial charge in [0.15, 0.2) is 5.78 Å². The summed E-state index contributed by atoms with van der Waals surface area (Å²) >= 11 is 0. The quantitative estimate of drug-likeness (QED) is 0.299. The standard InChI is InChI=1S/C30H33N5O4/c1-6-30(3,4)31-29(38)28(21-15-17-22(39-5)18-16-21)35(25-13-9-7-11-23(25)20(2)36)27(37)19-34-26-14-10-8-12-24(26)32-33-34/h7-18,28H,6,19H2,1-5H3,(H,31,38). The highest BCUT2D eigenvalue weighted by Crippen LogP contribution is 2.33. The van der Waals surface area contributed by atoms with E-state index in [1.54, 1.807) is 55.6 Å². The summed E-state index contributed by atoms with van der Waals surface area (Å²) in [6, 6.07) is 20.1. The van der Waals surface area contributed by atoms with E-state index in [2.05, 4.69) is 15.6 Å². The van der Waals surface area contributed by atoms with Crippen LogP contribution in [0.3, 0.4) is 0 Å². The Labute approximate surface area is 227 Å². The molecule has 9 heteroatoms. The molecule has 0 radical (unpaired) electrons. The fourth-order valence-corrected chi connectivity index (χ4v) is 4.33. The van der Waals surface area contributed by atoms with Crippen molar-refractivity contribution in [2.75, 3.05) is 12.0 Å². The Morgan fingerprint density at radius 1 is 1.00 bits per heavy atom. The summed E-state index contributed by atoms with van der Waals surface area (Å²) in [5, 5.41) is 11.4. The molecule has 0 fully saturated rings. The molecule has 3 aromatic carbocycles. The monoisotopic (exact) mass is 527 g/mol. The molecule has 1 heterocycles. The molecule has 0 aliphatic heterocycles.